The highest BCUT2D eigenvalue weighted by molar-refractivity contribution is 6.84. The number of carbonyl (C=O) groups is 1. The molecule has 0 atom stereocenters. The fourth-order valence-electron chi connectivity index (χ4n) is 0.837. The van der Waals surface area contributed by atoms with Gasteiger partial charge in [0.25, 0.3) is 0 Å². The van der Waals surface area contributed by atoms with E-state index in [4.69, 9.17) is 0 Å². The van der Waals surface area contributed by atoms with Gasteiger partial charge in [-0.15, -0.1) is 0 Å². The quantitative estimate of drug-likeness (QED) is 0.743. The second kappa shape index (κ2) is 3.81. The molecule has 0 heterocycles. The molecule has 0 rings (SSSR count). The molecule has 4 heteroatoms. The molecule has 1 N–H and O–H groups in total. The van der Waals surface area contributed by atoms with Gasteiger partial charge in [-0.1, -0.05) is 53.1 Å². The highest BCUT2D eigenvalue weighted by Crippen LogP contribution is 2.37. The number of hydrogen-bond donors (Lipinski definition) is 1. The van der Waals surface area contributed by atoms with Crippen molar-refractivity contribution in [2.24, 2.45) is 0 Å². The minimum absolute atomic E-state index is 0.173. The van der Waals surface area contributed by atoms with Gasteiger partial charge in [0.1, 0.15) is 8.24 Å². The fraction of sp³-hybridized carbons (Fsp3) is 0.900. The second-order valence-corrected chi connectivity index (χ2v) is 17.1. The molecule has 0 radical (unpaired) electrons. The van der Waals surface area contributed by atoms with Crippen molar-refractivity contribution in [1.82, 2.24) is 4.98 Å². The van der Waals surface area contributed by atoms with E-state index in [-0.39, 0.29) is 10.9 Å². The molecule has 1 amide bonds. The largest absolute Gasteiger partial charge is 0.382 e. The van der Waals surface area contributed by atoms with Crippen molar-refractivity contribution in [3.05, 3.63) is 0 Å². The summed E-state index contributed by atoms with van der Waals surface area (Å²) in [6, 6.07) is 0. The van der Waals surface area contributed by atoms with Crippen LogP contribution in [0, 0.1) is 0 Å². The smallest absolute Gasteiger partial charge is 0.215 e. The van der Waals surface area contributed by atoms with Crippen LogP contribution in [-0.2, 0) is 4.79 Å². The molecule has 0 aliphatic carbocycles. The third kappa shape index (κ3) is 3.57. The number of amides is 1. The van der Waals surface area contributed by atoms with E-state index in [0.29, 0.717) is 0 Å². The maximum Gasteiger partial charge on any atom is 0.215 e. The summed E-state index contributed by atoms with van der Waals surface area (Å²) in [5, 5.41) is -0.173. The van der Waals surface area contributed by atoms with Crippen LogP contribution < -0.4 is 4.98 Å². The maximum atomic E-state index is 12.1. The van der Waals surface area contributed by atoms with Gasteiger partial charge in [0.15, 0.2) is 0 Å². The van der Waals surface area contributed by atoms with Crippen LogP contribution in [0.3, 0.4) is 0 Å². The van der Waals surface area contributed by atoms with Crippen molar-refractivity contribution < 1.29 is 4.79 Å². The summed E-state index contributed by atoms with van der Waals surface area (Å²) in [7, 11) is -2.92. The van der Waals surface area contributed by atoms with Gasteiger partial charge in [0.05, 0.1) is 8.07 Å². The first-order valence-electron chi connectivity index (χ1n) is 5.20. The van der Waals surface area contributed by atoms with Gasteiger partial charge in [0, 0.05) is 5.04 Å². The number of carbonyl (C=O) groups excluding carboxylic acids is 1. The Morgan fingerprint density at radius 2 is 1.36 bits per heavy atom. The third-order valence-electron chi connectivity index (χ3n) is 2.93. The Hall–Kier alpha value is -0.0962. The summed E-state index contributed by atoms with van der Waals surface area (Å²) < 4.78 is 0. The monoisotopic (exact) mass is 231 g/mol. The highest BCUT2D eigenvalue weighted by atomic mass is 28.3. The first-order chi connectivity index (χ1) is 5.88. The third-order valence-corrected chi connectivity index (χ3v) is 7.89. The SMILES string of the molecule is CC(C)(C(=O)N[Si](C)(C)C)[Si](C)(C)C. The van der Waals surface area contributed by atoms with E-state index in [1.54, 1.807) is 0 Å². The number of hydrogen-bond acceptors (Lipinski definition) is 1. The van der Waals surface area contributed by atoms with Crippen LogP contribution in [0.5, 0.6) is 0 Å². The van der Waals surface area contributed by atoms with Crippen LogP contribution in [-0.4, -0.2) is 22.2 Å². The van der Waals surface area contributed by atoms with Crippen molar-refractivity contribution in [2.75, 3.05) is 0 Å². The average Bonchev–Trinajstić information content (AvgIpc) is 1.80. The molecule has 0 spiro atoms. The van der Waals surface area contributed by atoms with Crippen molar-refractivity contribution >= 4 is 22.2 Å². The second-order valence-electron chi connectivity index (χ2n) is 6.58. The minimum atomic E-state index is -1.49. The zero-order valence-corrected chi connectivity index (χ0v) is 12.9. The van der Waals surface area contributed by atoms with E-state index in [1.807, 2.05) is 0 Å². The van der Waals surface area contributed by atoms with Crippen molar-refractivity contribution in [1.29, 1.82) is 0 Å². The highest BCUT2D eigenvalue weighted by Gasteiger charge is 2.42. The normalized spacial score (nSPS) is 14.0. The average molecular weight is 231 g/mol. The topological polar surface area (TPSA) is 29.1 Å². The van der Waals surface area contributed by atoms with Crippen molar-refractivity contribution in [2.45, 2.75) is 58.2 Å². The molecular weight excluding hydrogens is 206 g/mol. The lowest BCUT2D eigenvalue weighted by Crippen LogP contribution is -2.54. The maximum absolute atomic E-state index is 12.1. The van der Waals surface area contributed by atoms with Crippen LogP contribution >= 0.6 is 0 Å². The molecule has 2 nitrogen and oxygen atoms in total. The van der Waals surface area contributed by atoms with E-state index in [1.165, 1.54) is 0 Å². The van der Waals surface area contributed by atoms with Gasteiger partial charge in [-0.05, 0) is 0 Å². The first kappa shape index (κ1) is 13.9. The molecule has 0 aromatic rings. The van der Waals surface area contributed by atoms with Crippen LogP contribution in [0.25, 0.3) is 0 Å². The molecular formula is C10H25NOSi2. The van der Waals surface area contributed by atoms with E-state index >= 15 is 0 Å². The predicted octanol–water partition coefficient (Wildman–Crippen LogP) is 3.06. The Morgan fingerprint density at radius 1 is 1.00 bits per heavy atom. The van der Waals surface area contributed by atoms with E-state index < -0.39 is 16.3 Å². The van der Waals surface area contributed by atoms with Crippen LogP contribution in [0.2, 0.25) is 44.3 Å². The van der Waals surface area contributed by atoms with Gasteiger partial charge >= 0.3 is 0 Å². The minimum Gasteiger partial charge on any atom is -0.382 e. The summed E-state index contributed by atoms with van der Waals surface area (Å²) in [6.07, 6.45) is 0. The van der Waals surface area contributed by atoms with Crippen molar-refractivity contribution in [3.8, 4) is 0 Å². The Labute approximate surface area is 90.6 Å². The van der Waals surface area contributed by atoms with Gasteiger partial charge in [-0.2, -0.15) is 0 Å². The van der Waals surface area contributed by atoms with Crippen LogP contribution in [0.15, 0.2) is 0 Å². The lowest BCUT2D eigenvalue weighted by molar-refractivity contribution is -0.121. The van der Waals surface area contributed by atoms with Crippen molar-refractivity contribution in [3.63, 3.8) is 0 Å². The Kier molecular flexibility index (Phi) is 3.78. The van der Waals surface area contributed by atoms with Gasteiger partial charge < -0.3 is 4.98 Å². The summed E-state index contributed by atoms with van der Waals surface area (Å²) in [5.74, 6) is 0.246. The first-order valence-corrected chi connectivity index (χ1v) is 12.2. The van der Waals surface area contributed by atoms with Crippen LogP contribution in [0.4, 0.5) is 0 Å². The fourth-order valence-corrected chi connectivity index (χ4v) is 2.70. The van der Waals surface area contributed by atoms with Gasteiger partial charge in [0.2, 0.25) is 5.91 Å². The molecule has 0 aromatic heterocycles. The van der Waals surface area contributed by atoms with E-state index in [0.717, 1.165) is 0 Å². The molecule has 0 saturated heterocycles. The predicted molar refractivity (Wildman–Crippen MR) is 68.9 cm³/mol. The summed E-state index contributed by atoms with van der Waals surface area (Å²) in [5.41, 5.74) is 0. The zero-order valence-electron chi connectivity index (χ0n) is 10.9. The molecule has 0 unspecified atom stereocenters. The molecule has 14 heavy (non-hydrogen) atoms. The summed E-state index contributed by atoms with van der Waals surface area (Å²) in [4.78, 5) is 15.3. The van der Waals surface area contributed by atoms with Crippen LogP contribution in [0.1, 0.15) is 13.8 Å². The van der Waals surface area contributed by atoms with E-state index in [2.05, 4.69) is 58.1 Å². The molecule has 0 aliphatic heterocycles. The Balaban J connectivity index is 4.70. The zero-order chi connectivity index (χ0) is 11.8. The van der Waals surface area contributed by atoms with E-state index in [9.17, 15) is 4.79 Å². The molecule has 0 saturated carbocycles. The molecule has 0 aromatic carbocycles. The molecule has 0 fully saturated rings. The lowest BCUT2D eigenvalue weighted by atomic mass is 10.2. The van der Waals surface area contributed by atoms with Gasteiger partial charge in [-0.25, -0.2) is 0 Å². The molecule has 84 valence electrons. The number of rotatable bonds is 3. The molecule has 0 bridgehead atoms. The summed E-state index contributed by atoms with van der Waals surface area (Å²) in [6.45, 7) is 17.4. The lowest BCUT2D eigenvalue weighted by Gasteiger charge is -2.37. The van der Waals surface area contributed by atoms with Gasteiger partial charge in [-0.3, -0.25) is 4.79 Å². The number of nitrogens with one attached hydrogen (secondary N) is 1. The Bertz CT molecular complexity index is 223. The molecule has 0 aliphatic rings. The standard InChI is InChI=1S/C10H25NOSi2/c1-10(2,13(3,4)5)9(12)11-14(6,7)8/h1-8H3,(H,11,12). The Morgan fingerprint density at radius 3 is 1.57 bits per heavy atom. The summed E-state index contributed by atoms with van der Waals surface area (Å²) >= 11 is 0.